The van der Waals surface area contributed by atoms with Crippen molar-refractivity contribution in [1.82, 2.24) is 4.31 Å². The van der Waals surface area contributed by atoms with Gasteiger partial charge in [-0.2, -0.15) is 0 Å². The average Bonchev–Trinajstić information content (AvgIpc) is 2.14. The zero-order valence-electron chi connectivity index (χ0n) is 9.68. The number of rotatable bonds is 8. The molecule has 0 spiro atoms. The van der Waals surface area contributed by atoms with Crippen LogP contribution in [0.3, 0.4) is 0 Å². The second-order valence-electron chi connectivity index (χ2n) is 3.61. The van der Waals surface area contributed by atoms with E-state index < -0.39 is 0 Å². The second-order valence-corrected chi connectivity index (χ2v) is 4.45. The van der Waals surface area contributed by atoms with Crippen molar-refractivity contribution in [3.05, 3.63) is 0 Å². The summed E-state index contributed by atoms with van der Waals surface area (Å²) in [5.74, 6) is 0. The Morgan fingerprint density at radius 3 is 2.31 bits per heavy atom. The lowest BCUT2D eigenvalue weighted by atomic mass is 10.1. The van der Waals surface area contributed by atoms with Gasteiger partial charge in [0, 0.05) is 12.6 Å². The van der Waals surface area contributed by atoms with E-state index in [2.05, 4.69) is 31.3 Å². The van der Waals surface area contributed by atoms with Crippen LogP contribution in [0.4, 0.5) is 0 Å². The molecular formula is C11H25NS. The monoisotopic (exact) mass is 203 g/mol. The summed E-state index contributed by atoms with van der Waals surface area (Å²) in [7, 11) is 0. The largest absolute Gasteiger partial charge is 0.248 e. The van der Waals surface area contributed by atoms with E-state index >= 15 is 0 Å². The predicted molar refractivity (Wildman–Crippen MR) is 64.1 cm³/mol. The van der Waals surface area contributed by atoms with Crippen LogP contribution in [-0.2, 0) is 0 Å². The van der Waals surface area contributed by atoms with Crippen LogP contribution in [-0.4, -0.2) is 23.1 Å². The van der Waals surface area contributed by atoms with Crippen LogP contribution >= 0.6 is 11.9 Å². The first-order valence-electron chi connectivity index (χ1n) is 5.57. The van der Waals surface area contributed by atoms with Crippen LogP contribution in [0.25, 0.3) is 0 Å². The third kappa shape index (κ3) is 6.39. The van der Waals surface area contributed by atoms with Crippen molar-refractivity contribution in [2.75, 3.05) is 12.8 Å². The maximum atomic E-state index is 2.46. The van der Waals surface area contributed by atoms with E-state index in [4.69, 9.17) is 0 Å². The van der Waals surface area contributed by atoms with Gasteiger partial charge in [0.25, 0.3) is 0 Å². The average molecular weight is 203 g/mol. The summed E-state index contributed by atoms with van der Waals surface area (Å²) in [4.78, 5) is 0. The lowest BCUT2D eigenvalue weighted by Crippen LogP contribution is -2.25. The standard InChI is InChI=1S/C11H25NS/c1-5-7-8-9-10-11(3)12(6-2)13-4/h11H,5-10H2,1-4H3. The molecule has 1 nitrogen and oxygen atoms in total. The molecule has 0 aromatic heterocycles. The highest BCUT2D eigenvalue weighted by molar-refractivity contribution is 7.96. The SMILES string of the molecule is CCCCCCC(C)N(CC)SC. The predicted octanol–water partition coefficient (Wildman–Crippen LogP) is 3.95. The van der Waals surface area contributed by atoms with E-state index in [1.807, 2.05) is 11.9 Å². The van der Waals surface area contributed by atoms with Crippen molar-refractivity contribution in [2.24, 2.45) is 0 Å². The van der Waals surface area contributed by atoms with E-state index in [1.54, 1.807) is 0 Å². The molecule has 0 saturated carbocycles. The Labute approximate surface area is 88.4 Å². The topological polar surface area (TPSA) is 3.24 Å². The Morgan fingerprint density at radius 1 is 1.15 bits per heavy atom. The first-order chi connectivity index (χ1) is 6.26. The van der Waals surface area contributed by atoms with Crippen molar-refractivity contribution >= 4 is 11.9 Å². The number of unbranched alkanes of at least 4 members (excludes halogenated alkanes) is 3. The maximum absolute atomic E-state index is 2.46. The van der Waals surface area contributed by atoms with E-state index in [9.17, 15) is 0 Å². The molecule has 0 aliphatic heterocycles. The van der Waals surface area contributed by atoms with Crippen LogP contribution < -0.4 is 0 Å². The van der Waals surface area contributed by atoms with Crippen LogP contribution in [0, 0.1) is 0 Å². The molecule has 0 amide bonds. The maximum Gasteiger partial charge on any atom is 0.0174 e. The van der Waals surface area contributed by atoms with Gasteiger partial charge >= 0.3 is 0 Å². The summed E-state index contributed by atoms with van der Waals surface area (Å²) in [5, 5.41) is 0. The molecule has 0 N–H and O–H groups in total. The molecule has 1 unspecified atom stereocenters. The van der Waals surface area contributed by atoms with Crippen LogP contribution in [0.5, 0.6) is 0 Å². The summed E-state index contributed by atoms with van der Waals surface area (Å²) < 4.78 is 2.46. The zero-order valence-corrected chi connectivity index (χ0v) is 10.5. The molecule has 0 aliphatic carbocycles. The van der Waals surface area contributed by atoms with Gasteiger partial charge in [0.2, 0.25) is 0 Å². The Morgan fingerprint density at radius 2 is 1.85 bits per heavy atom. The first-order valence-corrected chi connectivity index (χ1v) is 6.75. The van der Waals surface area contributed by atoms with Crippen molar-refractivity contribution in [3.8, 4) is 0 Å². The molecule has 0 aromatic rings. The van der Waals surface area contributed by atoms with Crippen LogP contribution in [0.15, 0.2) is 0 Å². The number of hydrogen-bond acceptors (Lipinski definition) is 2. The molecule has 0 fully saturated rings. The van der Waals surface area contributed by atoms with Gasteiger partial charge < -0.3 is 0 Å². The Bertz CT molecular complexity index is 102. The molecule has 13 heavy (non-hydrogen) atoms. The minimum atomic E-state index is 0.747. The molecule has 0 aliphatic rings. The van der Waals surface area contributed by atoms with Gasteiger partial charge in [0.15, 0.2) is 0 Å². The van der Waals surface area contributed by atoms with Crippen molar-refractivity contribution < 1.29 is 0 Å². The zero-order chi connectivity index (χ0) is 10.1. The van der Waals surface area contributed by atoms with Crippen LogP contribution in [0.2, 0.25) is 0 Å². The Balaban J connectivity index is 3.42. The number of hydrogen-bond donors (Lipinski definition) is 0. The summed E-state index contributed by atoms with van der Waals surface area (Å²) in [6.07, 6.45) is 9.08. The fourth-order valence-electron chi connectivity index (χ4n) is 1.63. The molecular weight excluding hydrogens is 178 g/mol. The van der Waals surface area contributed by atoms with Gasteiger partial charge in [-0.25, -0.2) is 4.31 Å². The minimum Gasteiger partial charge on any atom is -0.248 e. The highest BCUT2D eigenvalue weighted by Crippen LogP contribution is 2.16. The number of nitrogens with zero attached hydrogens (tertiary/aromatic N) is 1. The third-order valence-electron chi connectivity index (χ3n) is 2.51. The highest BCUT2D eigenvalue weighted by atomic mass is 32.2. The Kier molecular flexibility index (Phi) is 9.10. The lowest BCUT2D eigenvalue weighted by Gasteiger charge is -2.24. The molecule has 80 valence electrons. The lowest BCUT2D eigenvalue weighted by molar-refractivity contribution is 0.359. The summed E-state index contributed by atoms with van der Waals surface area (Å²) >= 11 is 1.88. The quantitative estimate of drug-likeness (QED) is 0.434. The molecule has 0 aromatic carbocycles. The molecule has 2 heteroatoms. The Hall–Kier alpha value is 0.310. The van der Waals surface area contributed by atoms with Gasteiger partial charge in [-0.15, -0.1) is 0 Å². The van der Waals surface area contributed by atoms with Gasteiger partial charge in [0.05, 0.1) is 0 Å². The molecule has 0 heterocycles. The van der Waals surface area contributed by atoms with Crippen LogP contribution in [0.1, 0.15) is 52.9 Å². The van der Waals surface area contributed by atoms with E-state index in [0.717, 1.165) is 12.6 Å². The fourth-order valence-corrected chi connectivity index (χ4v) is 2.35. The van der Waals surface area contributed by atoms with Gasteiger partial charge in [0.1, 0.15) is 0 Å². The second kappa shape index (κ2) is 8.89. The van der Waals surface area contributed by atoms with Crippen molar-refractivity contribution in [1.29, 1.82) is 0 Å². The van der Waals surface area contributed by atoms with Gasteiger partial charge in [-0.05, 0) is 19.6 Å². The van der Waals surface area contributed by atoms with Gasteiger partial charge in [-0.1, -0.05) is 51.5 Å². The van der Waals surface area contributed by atoms with E-state index in [0.29, 0.717) is 0 Å². The minimum absolute atomic E-state index is 0.747. The van der Waals surface area contributed by atoms with Gasteiger partial charge in [-0.3, -0.25) is 0 Å². The highest BCUT2D eigenvalue weighted by Gasteiger charge is 2.09. The third-order valence-corrected chi connectivity index (χ3v) is 3.60. The molecule has 0 saturated heterocycles. The summed E-state index contributed by atoms with van der Waals surface area (Å²) in [5.41, 5.74) is 0. The van der Waals surface area contributed by atoms with E-state index in [1.165, 1.54) is 32.1 Å². The van der Waals surface area contributed by atoms with E-state index in [-0.39, 0.29) is 0 Å². The molecule has 0 rings (SSSR count). The van der Waals surface area contributed by atoms with Crippen molar-refractivity contribution in [3.63, 3.8) is 0 Å². The molecule has 0 bridgehead atoms. The molecule has 1 atom stereocenters. The summed E-state index contributed by atoms with van der Waals surface area (Å²) in [6, 6.07) is 0.747. The normalized spacial score (nSPS) is 13.6. The first kappa shape index (κ1) is 13.3. The fraction of sp³-hybridized carbons (Fsp3) is 1.00. The van der Waals surface area contributed by atoms with Crippen molar-refractivity contribution in [2.45, 2.75) is 58.9 Å². The summed E-state index contributed by atoms with van der Waals surface area (Å²) in [6.45, 7) is 8.00. The molecule has 0 radical (unpaired) electrons. The smallest absolute Gasteiger partial charge is 0.0174 e.